The second-order valence-electron chi connectivity index (χ2n) is 8.67. The molecule has 3 aromatic rings. The first-order chi connectivity index (χ1) is 16.6. The number of hydrogen-bond donors (Lipinski definition) is 1. The number of aromatic nitrogens is 3. The number of rotatable bonds is 7. The van der Waals surface area contributed by atoms with E-state index >= 15 is 0 Å². The maximum Gasteiger partial charge on any atom is 0.278 e. The molecular weight excluding hydrogens is 422 g/mol. The van der Waals surface area contributed by atoms with Gasteiger partial charge < -0.3 is 9.72 Å². The van der Waals surface area contributed by atoms with Crippen molar-refractivity contribution in [3.05, 3.63) is 129 Å². The van der Waals surface area contributed by atoms with Gasteiger partial charge in [0.25, 0.3) is 5.56 Å². The zero-order valence-corrected chi connectivity index (χ0v) is 19.4. The van der Waals surface area contributed by atoms with Gasteiger partial charge in [-0.3, -0.25) is 9.36 Å². The molecule has 5 rings (SSSR count). The highest BCUT2D eigenvalue weighted by Gasteiger charge is 2.20. The van der Waals surface area contributed by atoms with Gasteiger partial charge in [0.1, 0.15) is 5.69 Å². The lowest BCUT2D eigenvalue weighted by Crippen LogP contribution is -2.18. The second kappa shape index (κ2) is 9.49. The molecule has 34 heavy (non-hydrogen) atoms. The number of aromatic amines is 1. The molecule has 2 heterocycles. The minimum Gasteiger partial charge on any atom is -0.380 e. The number of ether oxygens (including phenoxy) is 1. The van der Waals surface area contributed by atoms with E-state index in [2.05, 4.69) is 48.3 Å². The van der Waals surface area contributed by atoms with Crippen LogP contribution in [0.2, 0.25) is 0 Å². The number of fused-ring (bicyclic) bond motifs is 1. The summed E-state index contributed by atoms with van der Waals surface area (Å²) in [6.45, 7) is 2.61. The number of nitrogens with one attached hydrogen (secondary N) is 1. The number of nitrogens with zero attached hydrogens (tertiary/aromatic N) is 2. The molecule has 0 radical (unpaired) electrons. The predicted octanol–water partition coefficient (Wildman–Crippen LogP) is 5.30. The molecule has 0 bridgehead atoms. The standard InChI is InChI=1S/C29H27N3O2/c1-20-8-6-13-24(14-20)27-18-32-28(25(30-27)16-21-9-4-3-5-10-21)31-26(29(32)33)17-22-11-7-12-23(15-22)19-34-2/h3-15,18,30H,16-17,19H2,1-2H3. The van der Waals surface area contributed by atoms with Gasteiger partial charge in [-0.15, -0.1) is 0 Å². The van der Waals surface area contributed by atoms with E-state index in [1.165, 1.54) is 5.56 Å². The topological polar surface area (TPSA) is 59.9 Å². The average molecular weight is 450 g/mol. The molecule has 0 atom stereocenters. The SMILES string of the molecule is COCc1cccc(Cc2nc3c(Cc4ccccc4)[nH]c(-c4cccc(C)c4)cn-3c2=O)c1. The van der Waals surface area contributed by atoms with E-state index in [9.17, 15) is 4.79 Å². The van der Waals surface area contributed by atoms with Crippen molar-refractivity contribution in [3.8, 4) is 17.1 Å². The Morgan fingerprint density at radius 3 is 2.44 bits per heavy atom. The molecule has 0 saturated carbocycles. The van der Waals surface area contributed by atoms with E-state index in [1.807, 2.05) is 48.7 Å². The van der Waals surface area contributed by atoms with Gasteiger partial charge in [-0.05, 0) is 35.2 Å². The summed E-state index contributed by atoms with van der Waals surface area (Å²) in [7, 11) is 1.68. The summed E-state index contributed by atoms with van der Waals surface area (Å²) < 4.78 is 6.95. The van der Waals surface area contributed by atoms with Crippen molar-refractivity contribution < 1.29 is 4.74 Å². The van der Waals surface area contributed by atoms with Crippen molar-refractivity contribution >= 4 is 0 Å². The monoisotopic (exact) mass is 449 g/mol. The van der Waals surface area contributed by atoms with Crippen molar-refractivity contribution in [2.75, 3.05) is 7.11 Å². The molecular formula is C29H27N3O2. The Morgan fingerprint density at radius 1 is 0.882 bits per heavy atom. The fourth-order valence-electron chi connectivity index (χ4n) is 4.36. The van der Waals surface area contributed by atoms with Crippen LogP contribution in [0.4, 0.5) is 0 Å². The summed E-state index contributed by atoms with van der Waals surface area (Å²) in [4.78, 5) is 21.9. The molecule has 0 aliphatic carbocycles. The van der Waals surface area contributed by atoms with Gasteiger partial charge in [0, 0.05) is 26.1 Å². The van der Waals surface area contributed by atoms with Crippen LogP contribution in [-0.4, -0.2) is 21.6 Å². The van der Waals surface area contributed by atoms with Gasteiger partial charge >= 0.3 is 0 Å². The molecule has 0 aromatic heterocycles. The highest BCUT2D eigenvalue weighted by atomic mass is 16.5. The maximum absolute atomic E-state index is 13.5. The third-order valence-corrected chi connectivity index (χ3v) is 5.98. The predicted molar refractivity (Wildman–Crippen MR) is 135 cm³/mol. The van der Waals surface area contributed by atoms with Crippen LogP contribution in [0.3, 0.4) is 0 Å². The van der Waals surface area contributed by atoms with Gasteiger partial charge in [0.05, 0.1) is 18.0 Å². The summed E-state index contributed by atoms with van der Waals surface area (Å²) in [6, 6.07) is 26.6. The van der Waals surface area contributed by atoms with E-state index < -0.39 is 0 Å². The minimum atomic E-state index is -0.0793. The molecule has 0 saturated heterocycles. The van der Waals surface area contributed by atoms with Crippen LogP contribution in [0, 0.1) is 6.92 Å². The summed E-state index contributed by atoms with van der Waals surface area (Å²) in [6.07, 6.45) is 3.00. The largest absolute Gasteiger partial charge is 0.380 e. The summed E-state index contributed by atoms with van der Waals surface area (Å²) in [5.41, 5.74) is 7.76. The molecule has 3 aromatic carbocycles. The van der Waals surface area contributed by atoms with Gasteiger partial charge in [-0.2, -0.15) is 0 Å². The van der Waals surface area contributed by atoms with Crippen molar-refractivity contribution in [2.24, 2.45) is 0 Å². The van der Waals surface area contributed by atoms with Crippen LogP contribution >= 0.6 is 0 Å². The number of benzene rings is 3. The van der Waals surface area contributed by atoms with Gasteiger partial charge in [0.15, 0.2) is 5.82 Å². The summed E-state index contributed by atoms with van der Waals surface area (Å²) >= 11 is 0. The Bertz CT molecular complexity index is 1450. The molecule has 0 fully saturated rings. The first kappa shape index (κ1) is 21.9. The first-order valence-electron chi connectivity index (χ1n) is 11.4. The Kier molecular flexibility index (Phi) is 6.11. The zero-order valence-electron chi connectivity index (χ0n) is 19.4. The van der Waals surface area contributed by atoms with Crippen LogP contribution < -0.4 is 5.56 Å². The Labute approximate surface area is 199 Å². The third-order valence-electron chi connectivity index (χ3n) is 5.98. The molecule has 0 amide bonds. The maximum atomic E-state index is 13.5. The Morgan fingerprint density at radius 2 is 1.65 bits per heavy atom. The van der Waals surface area contributed by atoms with E-state index in [1.54, 1.807) is 11.7 Å². The third kappa shape index (κ3) is 4.56. The average Bonchev–Trinajstić information content (AvgIpc) is 3.16. The fraction of sp³-hybridized carbons (Fsp3) is 0.172. The highest BCUT2D eigenvalue weighted by molar-refractivity contribution is 5.61. The van der Waals surface area contributed by atoms with Crippen molar-refractivity contribution in [1.29, 1.82) is 0 Å². The molecule has 1 N–H and O–H groups in total. The summed E-state index contributed by atoms with van der Waals surface area (Å²) in [5.74, 6) is 0.674. The smallest absolute Gasteiger partial charge is 0.278 e. The number of H-pyrrole nitrogens is 1. The number of methoxy groups -OCH3 is 1. The first-order valence-corrected chi connectivity index (χ1v) is 11.4. The van der Waals surface area contributed by atoms with Crippen molar-refractivity contribution in [2.45, 2.75) is 26.4 Å². The lowest BCUT2D eigenvalue weighted by atomic mass is 10.1. The van der Waals surface area contributed by atoms with Crippen molar-refractivity contribution in [3.63, 3.8) is 0 Å². The minimum absolute atomic E-state index is 0.0793. The van der Waals surface area contributed by atoms with Gasteiger partial charge in [0.2, 0.25) is 0 Å². The van der Waals surface area contributed by atoms with Gasteiger partial charge in [-0.1, -0.05) is 78.4 Å². The normalized spacial score (nSPS) is 11.2. The Balaban J connectivity index is 1.61. The van der Waals surface area contributed by atoms with E-state index in [0.717, 1.165) is 33.6 Å². The van der Waals surface area contributed by atoms with E-state index in [4.69, 9.17) is 9.72 Å². The Hall–Kier alpha value is -3.96. The molecule has 170 valence electrons. The highest BCUT2D eigenvalue weighted by Crippen LogP contribution is 2.24. The molecule has 5 nitrogen and oxygen atoms in total. The molecule has 2 aliphatic rings. The van der Waals surface area contributed by atoms with E-state index in [-0.39, 0.29) is 5.56 Å². The fourth-order valence-corrected chi connectivity index (χ4v) is 4.36. The van der Waals surface area contributed by atoms with Crippen LogP contribution in [0.1, 0.15) is 33.6 Å². The molecule has 5 heteroatoms. The lowest BCUT2D eigenvalue weighted by Gasteiger charge is -2.13. The number of aryl methyl sites for hydroxylation is 1. The van der Waals surface area contributed by atoms with E-state index in [0.29, 0.717) is 31.0 Å². The van der Waals surface area contributed by atoms with Crippen LogP contribution in [0.5, 0.6) is 0 Å². The lowest BCUT2D eigenvalue weighted by molar-refractivity contribution is 0.185. The molecule has 0 spiro atoms. The summed E-state index contributed by atoms with van der Waals surface area (Å²) in [5, 5.41) is 0. The molecule has 0 unspecified atom stereocenters. The van der Waals surface area contributed by atoms with Crippen molar-refractivity contribution in [1.82, 2.24) is 14.5 Å². The van der Waals surface area contributed by atoms with Crippen LogP contribution in [0.15, 0.2) is 89.9 Å². The number of hydrogen-bond acceptors (Lipinski definition) is 3. The van der Waals surface area contributed by atoms with Crippen LogP contribution in [0.25, 0.3) is 17.1 Å². The number of imidazole rings is 1. The zero-order chi connectivity index (χ0) is 23.5. The second-order valence-corrected chi connectivity index (χ2v) is 8.67. The quantitative estimate of drug-likeness (QED) is 0.367. The van der Waals surface area contributed by atoms with Crippen LogP contribution in [-0.2, 0) is 24.2 Å². The van der Waals surface area contributed by atoms with Gasteiger partial charge in [-0.25, -0.2) is 4.98 Å². The molecule has 2 aliphatic heterocycles.